The zero-order chi connectivity index (χ0) is 16.3. The van der Waals surface area contributed by atoms with Gasteiger partial charge < -0.3 is 10.1 Å². The number of aryl methyl sites for hydroxylation is 1. The van der Waals surface area contributed by atoms with E-state index in [4.69, 9.17) is 4.74 Å². The Morgan fingerprint density at radius 1 is 1.32 bits per heavy atom. The van der Waals surface area contributed by atoms with Crippen LogP contribution in [0, 0.1) is 6.92 Å². The first kappa shape index (κ1) is 17.0. The third-order valence-electron chi connectivity index (χ3n) is 4.24. The minimum absolute atomic E-state index is 0.00821. The molecule has 0 bridgehead atoms. The molecular weight excluding hydrogens is 276 g/mol. The fourth-order valence-corrected chi connectivity index (χ4v) is 2.97. The number of carbonyl (C=O) groups is 1. The highest BCUT2D eigenvalue weighted by molar-refractivity contribution is 5.94. The Bertz CT molecular complexity index is 518. The highest BCUT2D eigenvalue weighted by Crippen LogP contribution is 2.20. The number of benzene rings is 1. The van der Waals surface area contributed by atoms with Crippen molar-refractivity contribution in [3.63, 3.8) is 0 Å². The summed E-state index contributed by atoms with van der Waals surface area (Å²) in [5.74, 6) is -0.00821. The fourth-order valence-electron chi connectivity index (χ4n) is 2.97. The molecule has 0 aliphatic carbocycles. The number of nitrogens with zero attached hydrogens (tertiary/aromatic N) is 1. The van der Waals surface area contributed by atoms with Crippen molar-refractivity contribution >= 4 is 5.91 Å². The Morgan fingerprint density at radius 3 is 2.55 bits per heavy atom. The molecule has 0 spiro atoms. The average molecular weight is 304 g/mol. The van der Waals surface area contributed by atoms with E-state index in [1.165, 1.54) is 0 Å². The molecule has 4 heteroatoms. The van der Waals surface area contributed by atoms with E-state index in [1.54, 1.807) is 0 Å². The number of rotatable bonds is 4. The summed E-state index contributed by atoms with van der Waals surface area (Å²) in [4.78, 5) is 14.7. The monoisotopic (exact) mass is 304 g/mol. The third kappa shape index (κ3) is 4.31. The van der Waals surface area contributed by atoms with Crippen molar-refractivity contribution < 1.29 is 9.53 Å². The van der Waals surface area contributed by atoms with Gasteiger partial charge in [-0.3, -0.25) is 9.69 Å². The van der Waals surface area contributed by atoms with Gasteiger partial charge in [0, 0.05) is 30.7 Å². The lowest BCUT2D eigenvalue weighted by Crippen LogP contribution is -2.58. The molecule has 0 unspecified atom stereocenters. The van der Waals surface area contributed by atoms with E-state index in [1.807, 2.05) is 31.2 Å². The molecule has 1 fully saturated rings. The number of carbonyl (C=O) groups excluding carboxylic acids is 1. The Labute approximate surface area is 133 Å². The van der Waals surface area contributed by atoms with Crippen LogP contribution < -0.4 is 5.32 Å². The lowest BCUT2D eigenvalue weighted by Gasteiger charge is -2.45. The largest absolute Gasteiger partial charge is 0.373 e. The van der Waals surface area contributed by atoms with Crippen molar-refractivity contribution in [2.24, 2.45) is 0 Å². The van der Waals surface area contributed by atoms with E-state index in [0.29, 0.717) is 6.54 Å². The number of ether oxygens (including phenoxy) is 1. The second-order valence-corrected chi connectivity index (χ2v) is 7.03. The van der Waals surface area contributed by atoms with E-state index in [-0.39, 0.29) is 23.7 Å². The van der Waals surface area contributed by atoms with Crippen LogP contribution in [-0.4, -0.2) is 48.2 Å². The van der Waals surface area contributed by atoms with Gasteiger partial charge in [-0.1, -0.05) is 17.7 Å². The summed E-state index contributed by atoms with van der Waals surface area (Å²) >= 11 is 0. The molecule has 0 saturated carbocycles. The maximum absolute atomic E-state index is 12.3. The topological polar surface area (TPSA) is 41.6 Å². The number of nitrogens with one attached hydrogen (secondary N) is 1. The summed E-state index contributed by atoms with van der Waals surface area (Å²) in [7, 11) is 0. The molecule has 1 aromatic carbocycles. The van der Waals surface area contributed by atoms with Gasteiger partial charge in [-0.25, -0.2) is 0 Å². The van der Waals surface area contributed by atoms with Gasteiger partial charge in [0.2, 0.25) is 0 Å². The molecule has 1 N–H and O–H groups in total. The summed E-state index contributed by atoms with van der Waals surface area (Å²) in [6.45, 7) is 13.0. The lowest BCUT2D eigenvalue weighted by molar-refractivity contribution is -0.0948. The zero-order valence-electron chi connectivity index (χ0n) is 14.3. The number of amides is 1. The first-order valence-electron chi connectivity index (χ1n) is 8.03. The second-order valence-electron chi connectivity index (χ2n) is 7.03. The van der Waals surface area contributed by atoms with Gasteiger partial charge >= 0.3 is 0 Å². The first-order chi connectivity index (χ1) is 10.3. The van der Waals surface area contributed by atoms with E-state index >= 15 is 0 Å². The molecule has 0 radical (unpaired) electrons. The van der Waals surface area contributed by atoms with Gasteiger partial charge in [0.25, 0.3) is 5.91 Å². The number of hydrogen-bond donors (Lipinski definition) is 1. The van der Waals surface area contributed by atoms with Gasteiger partial charge in [0.1, 0.15) is 0 Å². The predicted octanol–water partition coefficient (Wildman–Crippen LogP) is 2.61. The Morgan fingerprint density at radius 2 is 1.95 bits per heavy atom. The Hall–Kier alpha value is -1.39. The molecule has 2 rings (SSSR count). The van der Waals surface area contributed by atoms with Crippen molar-refractivity contribution in [2.75, 3.05) is 19.6 Å². The molecule has 1 aliphatic rings. The predicted molar refractivity (Wildman–Crippen MR) is 89.2 cm³/mol. The van der Waals surface area contributed by atoms with E-state index in [2.05, 4.69) is 37.9 Å². The van der Waals surface area contributed by atoms with Crippen LogP contribution in [0.4, 0.5) is 0 Å². The first-order valence-corrected chi connectivity index (χ1v) is 8.03. The smallest absolute Gasteiger partial charge is 0.251 e. The molecule has 2 atom stereocenters. The Kier molecular flexibility index (Phi) is 5.24. The molecule has 1 aliphatic heterocycles. The van der Waals surface area contributed by atoms with Crippen LogP contribution in [0.3, 0.4) is 0 Å². The highest BCUT2D eigenvalue weighted by atomic mass is 16.5. The molecule has 1 saturated heterocycles. The van der Waals surface area contributed by atoms with Crippen LogP contribution >= 0.6 is 0 Å². The SMILES string of the molecule is Cc1cccc(C(=O)NCC(C)(C)N2C[C@@H](C)O[C@@H](C)C2)c1. The standard InChI is InChI=1S/C18H28N2O2/c1-13-7-6-8-16(9-13)17(21)19-12-18(4,5)20-10-14(2)22-15(3)11-20/h6-9,14-15H,10-12H2,1-5H3,(H,19,21)/t14-,15+. The van der Waals surface area contributed by atoms with Crippen LogP contribution in [0.15, 0.2) is 24.3 Å². The summed E-state index contributed by atoms with van der Waals surface area (Å²) < 4.78 is 5.79. The van der Waals surface area contributed by atoms with E-state index in [9.17, 15) is 4.79 Å². The minimum Gasteiger partial charge on any atom is -0.373 e. The molecule has 0 aromatic heterocycles. The summed E-state index contributed by atoms with van der Waals surface area (Å²) in [5.41, 5.74) is 1.73. The molecular formula is C18H28N2O2. The van der Waals surface area contributed by atoms with Crippen LogP contribution in [0.25, 0.3) is 0 Å². The molecule has 4 nitrogen and oxygen atoms in total. The molecule has 122 valence electrons. The van der Waals surface area contributed by atoms with Crippen LogP contribution in [-0.2, 0) is 4.74 Å². The number of hydrogen-bond acceptors (Lipinski definition) is 3. The third-order valence-corrected chi connectivity index (χ3v) is 4.24. The van der Waals surface area contributed by atoms with Gasteiger partial charge in [0.05, 0.1) is 12.2 Å². The molecule has 22 heavy (non-hydrogen) atoms. The van der Waals surface area contributed by atoms with E-state index < -0.39 is 0 Å². The molecule has 1 aromatic rings. The van der Waals surface area contributed by atoms with Crippen molar-refractivity contribution in [3.8, 4) is 0 Å². The number of morpholine rings is 1. The fraction of sp³-hybridized carbons (Fsp3) is 0.611. The van der Waals surface area contributed by atoms with Crippen molar-refractivity contribution in [3.05, 3.63) is 35.4 Å². The molecule has 1 heterocycles. The minimum atomic E-state index is -0.0915. The second kappa shape index (κ2) is 6.80. The van der Waals surface area contributed by atoms with Crippen molar-refractivity contribution in [2.45, 2.75) is 52.4 Å². The van der Waals surface area contributed by atoms with Crippen LogP contribution in [0.5, 0.6) is 0 Å². The summed E-state index contributed by atoms with van der Waals surface area (Å²) in [5, 5.41) is 3.07. The maximum Gasteiger partial charge on any atom is 0.251 e. The highest BCUT2D eigenvalue weighted by Gasteiger charge is 2.33. The summed E-state index contributed by atoms with van der Waals surface area (Å²) in [6, 6.07) is 7.69. The van der Waals surface area contributed by atoms with Crippen LogP contribution in [0.2, 0.25) is 0 Å². The Balaban J connectivity index is 1.95. The zero-order valence-corrected chi connectivity index (χ0v) is 14.3. The normalized spacial score (nSPS) is 23.3. The van der Waals surface area contributed by atoms with Crippen LogP contribution in [0.1, 0.15) is 43.6 Å². The van der Waals surface area contributed by atoms with Crippen molar-refractivity contribution in [1.82, 2.24) is 10.2 Å². The lowest BCUT2D eigenvalue weighted by atomic mass is 9.99. The molecule has 1 amide bonds. The van der Waals surface area contributed by atoms with Gasteiger partial charge in [-0.05, 0) is 46.8 Å². The van der Waals surface area contributed by atoms with Crippen molar-refractivity contribution in [1.29, 1.82) is 0 Å². The maximum atomic E-state index is 12.3. The van der Waals surface area contributed by atoms with Gasteiger partial charge in [-0.2, -0.15) is 0 Å². The van der Waals surface area contributed by atoms with Gasteiger partial charge in [-0.15, -0.1) is 0 Å². The summed E-state index contributed by atoms with van der Waals surface area (Å²) in [6.07, 6.45) is 0.464. The van der Waals surface area contributed by atoms with E-state index in [0.717, 1.165) is 24.2 Å². The quantitative estimate of drug-likeness (QED) is 0.929. The van der Waals surface area contributed by atoms with Gasteiger partial charge in [0.15, 0.2) is 0 Å². The average Bonchev–Trinajstić information content (AvgIpc) is 2.44.